The van der Waals surface area contributed by atoms with E-state index < -0.39 is 0 Å². The molecule has 0 aliphatic rings. The maximum atomic E-state index is 4.23. The third-order valence-electron chi connectivity index (χ3n) is 2.19. The predicted octanol–water partition coefficient (Wildman–Crippen LogP) is 1.52. The first-order valence-electron chi connectivity index (χ1n) is 4.67. The van der Waals surface area contributed by atoms with Crippen LogP contribution in [0, 0.1) is 0 Å². The summed E-state index contributed by atoms with van der Waals surface area (Å²) >= 11 is 3.45. The summed E-state index contributed by atoms with van der Waals surface area (Å²) in [5.41, 5.74) is 0.934. The van der Waals surface area contributed by atoms with Crippen LogP contribution in [0.1, 0.15) is 23.3 Å². The van der Waals surface area contributed by atoms with E-state index >= 15 is 0 Å². The number of hydrogen-bond donors (Lipinski definition) is 0. The lowest BCUT2D eigenvalue weighted by Crippen LogP contribution is -2.06. The number of aryl methyl sites for hydroxylation is 1. The fourth-order valence-electron chi connectivity index (χ4n) is 1.27. The van der Waals surface area contributed by atoms with E-state index in [4.69, 9.17) is 0 Å². The summed E-state index contributed by atoms with van der Waals surface area (Å²) in [5, 5.41) is 8.09. The van der Waals surface area contributed by atoms with Gasteiger partial charge in [0, 0.05) is 19.4 Å². The van der Waals surface area contributed by atoms with Crippen molar-refractivity contribution in [3.8, 4) is 0 Å². The van der Waals surface area contributed by atoms with Gasteiger partial charge in [0.15, 0.2) is 0 Å². The summed E-state index contributed by atoms with van der Waals surface area (Å²) < 4.78 is 3.76. The zero-order valence-corrected chi connectivity index (χ0v) is 10.2. The van der Waals surface area contributed by atoms with Crippen LogP contribution < -0.4 is 0 Å². The van der Waals surface area contributed by atoms with Gasteiger partial charge in [0.1, 0.15) is 12.4 Å². The lowest BCUT2D eigenvalue weighted by atomic mass is 10.4. The van der Waals surface area contributed by atoms with Crippen LogP contribution in [0.25, 0.3) is 0 Å². The minimum Gasteiger partial charge on any atom is -0.336 e. The van der Waals surface area contributed by atoms with Crippen LogP contribution >= 0.6 is 15.9 Å². The largest absolute Gasteiger partial charge is 0.336 e. The molecule has 2 aromatic rings. The average molecular weight is 270 g/mol. The van der Waals surface area contributed by atoms with Gasteiger partial charge < -0.3 is 4.57 Å². The molecule has 1 atom stereocenters. The molecule has 0 spiro atoms. The summed E-state index contributed by atoms with van der Waals surface area (Å²) in [7, 11) is 1.97. The number of aromatic nitrogens is 5. The van der Waals surface area contributed by atoms with Crippen molar-refractivity contribution >= 4 is 15.9 Å². The molecule has 2 aromatic heterocycles. The predicted molar refractivity (Wildman–Crippen MR) is 59.7 cm³/mol. The lowest BCUT2D eigenvalue weighted by molar-refractivity contribution is 0.607. The topological polar surface area (TPSA) is 48.5 Å². The van der Waals surface area contributed by atoms with Gasteiger partial charge in [0.2, 0.25) is 0 Å². The first-order valence-corrected chi connectivity index (χ1v) is 5.58. The Morgan fingerprint density at radius 3 is 2.87 bits per heavy atom. The Morgan fingerprint density at radius 2 is 2.33 bits per heavy atom. The molecule has 6 heteroatoms. The summed E-state index contributed by atoms with van der Waals surface area (Å²) in [6, 6.07) is 0. The highest BCUT2D eigenvalue weighted by Gasteiger charge is 2.07. The van der Waals surface area contributed by atoms with Crippen LogP contribution in [0.3, 0.4) is 0 Å². The van der Waals surface area contributed by atoms with E-state index in [9.17, 15) is 0 Å². The Kier molecular flexibility index (Phi) is 2.86. The molecule has 0 aliphatic carbocycles. The quantitative estimate of drug-likeness (QED) is 0.794. The smallest absolute Gasteiger partial charge is 0.130 e. The number of halogens is 1. The summed E-state index contributed by atoms with van der Waals surface area (Å²) in [4.78, 5) is 4.46. The van der Waals surface area contributed by atoms with Gasteiger partial charge in [-0.2, -0.15) is 0 Å². The van der Waals surface area contributed by atoms with Gasteiger partial charge >= 0.3 is 0 Å². The van der Waals surface area contributed by atoms with Crippen LogP contribution in [0.2, 0.25) is 0 Å². The van der Waals surface area contributed by atoms with E-state index in [1.165, 1.54) is 0 Å². The van der Waals surface area contributed by atoms with Crippen molar-refractivity contribution < 1.29 is 0 Å². The second kappa shape index (κ2) is 4.14. The molecular weight excluding hydrogens is 258 g/mol. The first-order chi connectivity index (χ1) is 7.16. The summed E-state index contributed by atoms with van der Waals surface area (Å²) in [5.74, 6) is 0.966. The van der Waals surface area contributed by atoms with Gasteiger partial charge in [0.25, 0.3) is 0 Å². The van der Waals surface area contributed by atoms with Crippen molar-refractivity contribution in [2.75, 3.05) is 0 Å². The van der Waals surface area contributed by atoms with Gasteiger partial charge in [-0.25, -0.2) is 9.67 Å². The van der Waals surface area contributed by atoms with Crippen molar-refractivity contribution in [3.63, 3.8) is 0 Å². The third-order valence-corrected chi connectivity index (χ3v) is 2.66. The molecule has 15 heavy (non-hydrogen) atoms. The number of rotatable bonds is 3. The minimum absolute atomic E-state index is 0.229. The number of nitrogens with zero attached hydrogens (tertiary/aromatic N) is 5. The molecule has 1 unspecified atom stereocenters. The van der Waals surface area contributed by atoms with Crippen molar-refractivity contribution in [1.29, 1.82) is 0 Å². The maximum absolute atomic E-state index is 4.23. The third kappa shape index (κ3) is 2.26. The van der Waals surface area contributed by atoms with E-state index in [1.54, 1.807) is 10.9 Å². The van der Waals surface area contributed by atoms with Crippen molar-refractivity contribution in [2.24, 2.45) is 7.05 Å². The molecule has 0 saturated heterocycles. The summed E-state index contributed by atoms with van der Waals surface area (Å²) in [6.07, 6.45) is 5.62. The van der Waals surface area contributed by atoms with Crippen LogP contribution in [0.5, 0.6) is 0 Å². The standard InChI is InChI=1S/C9H12BrN5/c1-7(10)8-5-15(13-12-8)6-9-11-3-4-14(9)2/h3-5,7H,6H2,1-2H3. The van der Waals surface area contributed by atoms with Crippen molar-refractivity contribution in [2.45, 2.75) is 18.3 Å². The van der Waals surface area contributed by atoms with Crippen LogP contribution in [-0.2, 0) is 13.6 Å². The Hall–Kier alpha value is -1.17. The fourth-order valence-corrected chi connectivity index (χ4v) is 1.48. The van der Waals surface area contributed by atoms with Gasteiger partial charge in [0.05, 0.1) is 16.7 Å². The van der Waals surface area contributed by atoms with Gasteiger partial charge in [-0.15, -0.1) is 5.10 Å². The molecule has 0 bridgehead atoms. The molecule has 0 amide bonds. The Labute approximate surface area is 96.2 Å². The molecule has 80 valence electrons. The lowest BCUT2D eigenvalue weighted by Gasteiger charge is -2.00. The van der Waals surface area contributed by atoms with Crippen molar-refractivity contribution in [3.05, 3.63) is 30.1 Å². The Morgan fingerprint density at radius 1 is 1.53 bits per heavy atom. The highest BCUT2D eigenvalue weighted by atomic mass is 79.9. The zero-order chi connectivity index (χ0) is 10.8. The van der Waals surface area contributed by atoms with E-state index in [0.717, 1.165) is 11.5 Å². The maximum Gasteiger partial charge on any atom is 0.130 e. The average Bonchev–Trinajstić information content (AvgIpc) is 2.77. The number of alkyl halides is 1. The highest BCUT2D eigenvalue weighted by Crippen LogP contribution is 2.18. The monoisotopic (exact) mass is 269 g/mol. The van der Waals surface area contributed by atoms with Gasteiger partial charge in [-0.05, 0) is 6.92 Å². The van der Waals surface area contributed by atoms with Crippen LogP contribution in [0.4, 0.5) is 0 Å². The Bertz CT molecular complexity index is 445. The van der Waals surface area contributed by atoms with Gasteiger partial charge in [-0.1, -0.05) is 21.1 Å². The van der Waals surface area contributed by atoms with Gasteiger partial charge in [-0.3, -0.25) is 0 Å². The first kappa shape index (κ1) is 10.4. The zero-order valence-electron chi connectivity index (χ0n) is 8.63. The van der Waals surface area contributed by atoms with E-state index in [1.807, 2.05) is 30.9 Å². The van der Waals surface area contributed by atoms with Crippen LogP contribution in [0.15, 0.2) is 18.6 Å². The minimum atomic E-state index is 0.229. The molecular formula is C9H12BrN5. The highest BCUT2D eigenvalue weighted by molar-refractivity contribution is 9.09. The molecule has 0 fully saturated rings. The second-order valence-electron chi connectivity index (χ2n) is 3.41. The molecule has 0 saturated carbocycles. The molecule has 0 aromatic carbocycles. The molecule has 0 aliphatic heterocycles. The molecule has 0 N–H and O–H groups in total. The molecule has 0 radical (unpaired) electrons. The van der Waals surface area contributed by atoms with Crippen LogP contribution in [-0.4, -0.2) is 24.5 Å². The van der Waals surface area contributed by atoms with E-state index in [0.29, 0.717) is 6.54 Å². The number of imidazole rings is 1. The molecule has 5 nitrogen and oxygen atoms in total. The molecule has 2 rings (SSSR count). The normalized spacial score (nSPS) is 13.0. The van der Waals surface area contributed by atoms with Crippen molar-refractivity contribution in [1.82, 2.24) is 24.5 Å². The van der Waals surface area contributed by atoms with E-state index in [-0.39, 0.29) is 4.83 Å². The number of hydrogen-bond acceptors (Lipinski definition) is 3. The second-order valence-corrected chi connectivity index (χ2v) is 4.78. The fraction of sp³-hybridized carbons (Fsp3) is 0.444. The SMILES string of the molecule is CC(Br)c1cn(Cc2nccn2C)nn1. The van der Waals surface area contributed by atoms with E-state index in [2.05, 4.69) is 31.2 Å². The summed E-state index contributed by atoms with van der Waals surface area (Å²) in [6.45, 7) is 2.67. The molecule has 2 heterocycles. The Balaban J connectivity index is 2.15.